The van der Waals surface area contributed by atoms with Crippen LogP contribution in [0.15, 0.2) is 53.5 Å². The van der Waals surface area contributed by atoms with E-state index in [1.54, 1.807) is 0 Å². The number of aromatic nitrogens is 2. The van der Waals surface area contributed by atoms with E-state index < -0.39 is 0 Å². The SMILES string of the molecule is O=C(c1cnco1)N1CCC[C@H](Cc2cccc3ncccc23)C1. The number of nitrogens with zero attached hydrogens (tertiary/aromatic N) is 3. The molecule has 0 spiro atoms. The standard InChI is InChI=1S/C19H19N3O2/c23-19(18-11-20-13-24-18)22-9-3-4-14(12-22)10-15-5-1-7-17-16(15)6-2-8-21-17/h1-2,5-8,11,13-14H,3-4,9-10,12H2/t14-/m1/s1. The van der Waals surface area contributed by atoms with Crippen LogP contribution < -0.4 is 0 Å². The number of fused-ring (bicyclic) bond motifs is 1. The third-order valence-electron chi connectivity index (χ3n) is 4.69. The zero-order valence-electron chi connectivity index (χ0n) is 13.4. The van der Waals surface area contributed by atoms with Crippen LogP contribution in [0.25, 0.3) is 10.9 Å². The molecule has 0 bridgehead atoms. The van der Waals surface area contributed by atoms with Gasteiger partial charge in [0, 0.05) is 24.7 Å². The van der Waals surface area contributed by atoms with E-state index in [-0.39, 0.29) is 5.91 Å². The van der Waals surface area contributed by atoms with Gasteiger partial charge in [-0.1, -0.05) is 18.2 Å². The van der Waals surface area contributed by atoms with Crippen LogP contribution in [0.2, 0.25) is 0 Å². The summed E-state index contributed by atoms with van der Waals surface area (Å²) in [6.07, 6.45) is 7.73. The molecule has 0 saturated carbocycles. The second-order valence-corrected chi connectivity index (χ2v) is 6.32. The Kier molecular flexibility index (Phi) is 3.99. The van der Waals surface area contributed by atoms with Crippen molar-refractivity contribution in [3.63, 3.8) is 0 Å². The molecule has 1 saturated heterocycles. The second-order valence-electron chi connectivity index (χ2n) is 6.32. The highest BCUT2D eigenvalue weighted by Gasteiger charge is 2.26. The number of benzene rings is 1. The first-order valence-electron chi connectivity index (χ1n) is 8.31. The number of likely N-dealkylation sites (tertiary alicyclic amines) is 1. The monoisotopic (exact) mass is 321 g/mol. The van der Waals surface area contributed by atoms with Gasteiger partial charge in [0.1, 0.15) is 0 Å². The summed E-state index contributed by atoms with van der Waals surface area (Å²) in [4.78, 5) is 22.6. The molecule has 0 radical (unpaired) electrons. The van der Waals surface area contributed by atoms with Crippen molar-refractivity contribution in [3.05, 3.63) is 60.4 Å². The van der Waals surface area contributed by atoms with Gasteiger partial charge in [-0.25, -0.2) is 4.98 Å². The van der Waals surface area contributed by atoms with Crippen LogP contribution in [0.4, 0.5) is 0 Å². The molecule has 0 N–H and O–H groups in total. The number of hydrogen-bond donors (Lipinski definition) is 0. The van der Waals surface area contributed by atoms with Crippen LogP contribution in [0.5, 0.6) is 0 Å². The van der Waals surface area contributed by atoms with Crippen molar-refractivity contribution in [2.45, 2.75) is 19.3 Å². The van der Waals surface area contributed by atoms with E-state index in [4.69, 9.17) is 4.42 Å². The van der Waals surface area contributed by atoms with Crippen molar-refractivity contribution >= 4 is 16.8 Å². The average Bonchev–Trinajstić information content (AvgIpc) is 3.16. The van der Waals surface area contributed by atoms with Crippen molar-refractivity contribution in [3.8, 4) is 0 Å². The van der Waals surface area contributed by atoms with Gasteiger partial charge in [-0.3, -0.25) is 9.78 Å². The van der Waals surface area contributed by atoms with Crippen LogP contribution in [0, 0.1) is 5.92 Å². The van der Waals surface area contributed by atoms with E-state index in [2.05, 4.69) is 28.2 Å². The van der Waals surface area contributed by atoms with Gasteiger partial charge in [0.05, 0.1) is 11.7 Å². The minimum absolute atomic E-state index is 0.0585. The molecule has 1 fully saturated rings. The largest absolute Gasteiger partial charge is 0.438 e. The maximum Gasteiger partial charge on any atom is 0.291 e. The van der Waals surface area contributed by atoms with Gasteiger partial charge >= 0.3 is 0 Å². The summed E-state index contributed by atoms with van der Waals surface area (Å²) in [5.41, 5.74) is 2.33. The first-order chi connectivity index (χ1) is 11.8. The quantitative estimate of drug-likeness (QED) is 0.742. The molecular formula is C19H19N3O2. The first-order valence-corrected chi connectivity index (χ1v) is 8.31. The fourth-order valence-electron chi connectivity index (χ4n) is 3.55. The number of piperidine rings is 1. The normalized spacial score (nSPS) is 18.0. The zero-order chi connectivity index (χ0) is 16.4. The highest BCUT2D eigenvalue weighted by Crippen LogP contribution is 2.25. The Morgan fingerprint density at radius 1 is 1.29 bits per heavy atom. The number of rotatable bonds is 3. The summed E-state index contributed by atoms with van der Waals surface area (Å²) < 4.78 is 5.15. The third-order valence-corrected chi connectivity index (χ3v) is 4.69. The lowest BCUT2D eigenvalue weighted by molar-refractivity contribution is 0.0641. The van der Waals surface area contributed by atoms with E-state index in [1.165, 1.54) is 23.5 Å². The van der Waals surface area contributed by atoms with Crippen LogP contribution in [-0.2, 0) is 6.42 Å². The summed E-state index contributed by atoms with van der Waals surface area (Å²) in [6, 6.07) is 10.4. The summed E-state index contributed by atoms with van der Waals surface area (Å²) in [5, 5.41) is 1.21. The highest BCUT2D eigenvalue weighted by atomic mass is 16.3. The van der Waals surface area contributed by atoms with Gasteiger partial charge < -0.3 is 9.32 Å². The first kappa shape index (κ1) is 14.9. The lowest BCUT2D eigenvalue weighted by Crippen LogP contribution is -2.40. The maximum atomic E-state index is 12.5. The molecule has 3 aromatic rings. The van der Waals surface area contributed by atoms with Crippen LogP contribution in [0.1, 0.15) is 29.0 Å². The molecule has 122 valence electrons. The Morgan fingerprint density at radius 3 is 3.12 bits per heavy atom. The molecule has 5 heteroatoms. The number of carbonyl (C=O) groups excluding carboxylic acids is 1. The molecule has 24 heavy (non-hydrogen) atoms. The van der Waals surface area contributed by atoms with Crippen molar-refractivity contribution in [1.82, 2.24) is 14.9 Å². The average molecular weight is 321 g/mol. The molecule has 1 atom stereocenters. The van der Waals surface area contributed by atoms with E-state index in [0.717, 1.165) is 37.9 Å². The molecule has 1 aliphatic rings. The predicted octanol–water partition coefficient (Wildman–Crippen LogP) is 3.32. The fraction of sp³-hybridized carbons (Fsp3) is 0.316. The molecule has 1 amide bonds. The summed E-state index contributed by atoms with van der Waals surface area (Å²) in [7, 11) is 0. The van der Waals surface area contributed by atoms with E-state index in [1.807, 2.05) is 23.2 Å². The fourth-order valence-corrected chi connectivity index (χ4v) is 3.55. The van der Waals surface area contributed by atoms with Crippen LogP contribution in [0.3, 0.4) is 0 Å². The predicted molar refractivity (Wildman–Crippen MR) is 90.6 cm³/mol. The summed E-state index contributed by atoms with van der Waals surface area (Å²) >= 11 is 0. The van der Waals surface area contributed by atoms with Gasteiger partial charge in [0.25, 0.3) is 5.91 Å². The molecule has 0 unspecified atom stereocenters. The van der Waals surface area contributed by atoms with Crippen LogP contribution >= 0.6 is 0 Å². The van der Waals surface area contributed by atoms with Gasteiger partial charge in [0.2, 0.25) is 5.76 Å². The number of hydrogen-bond acceptors (Lipinski definition) is 4. The second kappa shape index (κ2) is 6.43. The smallest absolute Gasteiger partial charge is 0.291 e. The topological polar surface area (TPSA) is 59.2 Å². The Balaban J connectivity index is 1.51. The maximum absolute atomic E-state index is 12.5. The minimum atomic E-state index is -0.0585. The Bertz CT molecular complexity index is 839. The molecule has 4 rings (SSSR count). The molecule has 1 aliphatic heterocycles. The third kappa shape index (κ3) is 2.89. The lowest BCUT2D eigenvalue weighted by atomic mass is 9.89. The molecule has 0 aliphatic carbocycles. The van der Waals surface area contributed by atoms with E-state index in [0.29, 0.717) is 11.7 Å². The minimum Gasteiger partial charge on any atom is -0.438 e. The summed E-state index contributed by atoms with van der Waals surface area (Å²) in [6.45, 7) is 1.54. The summed E-state index contributed by atoms with van der Waals surface area (Å²) in [5.74, 6) is 0.721. The van der Waals surface area contributed by atoms with Crippen molar-refractivity contribution in [2.24, 2.45) is 5.92 Å². The van der Waals surface area contributed by atoms with Gasteiger partial charge in [-0.05, 0) is 42.9 Å². The van der Waals surface area contributed by atoms with E-state index in [9.17, 15) is 4.79 Å². The number of amides is 1. The van der Waals surface area contributed by atoms with Crippen LogP contribution in [-0.4, -0.2) is 33.9 Å². The zero-order valence-corrected chi connectivity index (χ0v) is 13.4. The van der Waals surface area contributed by atoms with Gasteiger partial charge in [-0.15, -0.1) is 0 Å². The highest BCUT2D eigenvalue weighted by molar-refractivity contribution is 5.91. The Morgan fingerprint density at radius 2 is 2.25 bits per heavy atom. The van der Waals surface area contributed by atoms with E-state index >= 15 is 0 Å². The number of carbonyl (C=O) groups is 1. The molecule has 1 aromatic carbocycles. The number of pyridine rings is 1. The van der Waals surface area contributed by atoms with Gasteiger partial charge in [-0.2, -0.15) is 0 Å². The van der Waals surface area contributed by atoms with Crippen molar-refractivity contribution in [1.29, 1.82) is 0 Å². The lowest BCUT2D eigenvalue weighted by Gasteiger charge is -2.32. The number of oxazole rings is 1. The molecule has 5 nitrogen and oxygen atoms in total. The van der Waals surface area contributed by atoms with Crippen molar-refractivity contribution in [2.75, 3.05) is 13.1 Å². The molecule has 2 aromatic heterocycles. The Labute approximate surface area is 140 Å². The Hall–Kier alpha value is -2.69. The molecular weight excluding hydrogens is 302 g/mol. The van der Waals surface area contributed by atoms with Gasteiger partial charge in [0.15, 0.2) is 6.39 Å². The van der Waals surface area contributed by atoms with Crippen molar-refractivity contribution < 1.29 is 9.21 Å². The molecule has 3 heterocycles.